The number of esters is 2. The Balaban J connectivity index is 2.52. The van der Waals surface area contributed by atoms with E-state index in [0.29, 0.717) is 5.69 Å². The first kappa shape index (κ1) is 20.4. The second-order valence-corrected chi connectivity index (χ2v) is 5.16. The Morgan fingerprint density at radius 1 is 1.19 bits per heavy atom. The van der Waals surface area contributed by atoms with E-state index in [0.717, 1.165) is 0 Å². The third kappa shape index (κ3) is 4.64. The van der Waals surface area contributed by atoms with Crippen molar-refractivity contribution in [1.82, 2.24) is 0 Å². The maximum absolute atomic E-state index is 12.6. The minimum absolute atomic E-state index is 0.0264. The molecule has 0 atom stereocenters. The van der Waals surface area contributed by atoms with Gasteiger partial charge in [-0.05, 0) is 19.1 Å². The molecule has 0 bridgehead atoms. The molecule has 0 spiro atoms. The summed E-state index contributed by atoms with van der Waals surface area (Å²) >= 11 is 0. The molecule has 0 aromatic heterocycles. The lowest BCUT2D eigenvalue weighted by atomic mass is 10.1. The number of hydrogen-bond acceptors (Lipinski definition) is 8. The van der Waals surface area contributed by atoms with E-state index in [9.17, 15) is 18.4 Å². The van der Waals surface area contributed by atoms with Gasteiger partial charge in [-0.2, -0.15) is 8.78 Å². The molecule has 27 heavy (non-hydrogen) atoms. The van der Waals surface area contributed by atoms with Crippen LogP contribution in [0.4, 0.5) is 14.5 Å². The summed E-state index contributed by atoms with van der Waals surface area (Å²) in [6, 6.07) is 4.09. The van der Waals surface area contributed by atoms with Crippen molar-refractivity contribution in [3.8, 4) is 11.5 Å². The molecule has 148 valence electrons. The molecule has 0 fully saturated rings. The number of carbonyl (C=O) groups is 2. The first-order chi connectivity index (χ1) is 12.9. The molecule has 0 radical (unpaired) electrons. The fourth-order valence-electron chi connectivity index (χ4n) is 2.47. The van der Waals surface area contributed by atoms with Crippen LogP contribution in [0.15, 0.2) is 29.5 Å². The van der Waals surface area contributed by atoms with E-state index in [2.05, 4.69) is 9.47 Å². The molecule has 1 heterocycles. The predicted octanol–water partition coefficient (Wildman–Crippen LogP) is 2.08. The Bertz CT molecular complexity index is 736. The molecule has 0 N–H and O–H groups in total. The molecule has 1 aliphatic heterocycles. The van der Waals surface area contributed by atoms with Gasteiger partial charge in [-0.25, -0.2) is 9.59 Å². The Morgan fingerprint density at radius 3 is 2.48 bits per heavy atom. The minimum atomic E-state index is -3.02. The van der Waals surface area contributed by atoms with Crippen LogP contribution in [0.5, 0.6) is 11.5 Å². The molecule has 1 aromatic rings. The molecule has 0 unspecified atom stereocenters. The van der Waals surface area contributed by atoms with E-state index in [4.69, 9.17) is 14.2 Å². The molecule has 10 heteroatoms. The molecule has 0 aliphatic carbocycles. The van der Waals surface area contributed by atoms with Gasteiger partial charge in [0.05, 0.1) is 33.0 Å². The van der Waals surface area contributed by atoms with Crippen molar-refractivity contribution < 1.29 is 42.1 Å². The monoisotopic (exact) mass is 387 g/mol. The average molecular weight is 387 g/mol. The van der Waals surface area contributed by atoms with Crippen molar-refractivity contribution in [2.45, 2.75) is 13.5 Å². The van der Waals surface area contributed by atoms with Gasteiger partial charge in [0.2, 0.25) is 0 Å². The number of methoxy groups -OCH3 is 2. The van der Waals surface area contributed by atoms with Gasteiger partial charge in [0, 0.05) is 11.8 Å². The van der Waals surface area contributed by atoms with Crippen molar-refractivity contribution >= 4 is 17.6 Å². The van der Waals surface area contributed by atoms with Crippen LogP contribution in [0.25, 0.3) is 0 Å². The zero-order valence-corrected chi connectivity index (χ0v) is 15.0. The van der Waals surface area contributed by atoms with Crippen molar-refractivity contribution in [3.05, 3.63) is 29.5 Å². The Kier molecular flexibility index (Phi) is 6.94. The van der Waals surface area contributed by atoms with E-state index in [-0.39, 0.29) is 42.7 Å². The van der Waals surface area contributed by atoms with Gasteiger partial charge in [0.1, 0.15) is 12.4 Å². The van der Waals surface area contributed by atoms with Crippen molar-refractivity contribution in [2.24, 2.45) is 0 Å². The van der Waals surface area contributed by atoms with Crippen LogP contribution in [0.2, 0.25) is 0 Å². The highest BCUT2D eigenvalue weighted by molar-refractivity contribution is 6.03. The highest BCUT2D eigenvalue weighted by Gasteiger charge is 2.32. The van der Waals surface area contributed by atoms with E-state index < -0.39 is 18.6 Å². The number of hydrogen-bond donors (Lipinski definition) is 0. The first-order valence-corrected chi connectivity index (χ1v) is 7.89. The number of alkyl halides is 2. The van der Waals surface area contributed by atoms with E-state index in [1.54, 1.807) is 6.92 Å². The molecule has 2 rings (SSSR count). The zero-order chi connectivity index (χ0) is 20.0. The van der Waals surface area contributed by atoms with Crippen molar-refractivity contribution in [2.75, 3.05) is 39.1 Å². The van der Waals surface area contributed by atoms with E-state index >= 15 is 0 Å². The first-order valence-electron chi connectivity index (χ1n) is 7.89. The summed E-state index contributed by atoms with van der Waals surface area (Å²) in [6.07, 6.45) is 0. The summed E-state index contributed by atoms with van der Waals surface area (Å²) in [7, 11) is 2.34. The summed E-state index contributed by atoms with van der Waals surface area (Å²) in [4.78, 5) is 25.6. The molecular formula is C17H19F2NO7. The molecule has 0 amide bonds. The average Bonchev–Trinajstić information content (AvgIpc) is 2.67. The van der Waals surface area contributed by atoms with Gasteiger partial charge < -0.3 is 28.6 Å². The third-order valence-electron chi connectivity index (χ3n) is 3.59. The number of ether oxygens (including phenoxy) is 5. The second kappa shape index (κ2) is 9.17. The van der Waals surface area contributed by atoms with Crippen LogP contribution in [-0.4, -0.2) is 52.7 Å². The Labute approximate surface area is 154 Å². The van der Waals surface area contributed by atoms with E-state index in [1.165, 1.54) is 37.3 Å². The number of anilines is 1. The van der Waals surface area contributed by atoms with Crippen LogP contribution in [0.3, 0.4) is 0 Å². The summed E-state index contributed by atoms with van der Waals surface area (Å²) in [5.74, 6) is -1.64. The number of benzene rings is 1. The fraction of sp³-hybridized carbons (Fsp3) is 0.412. The van der Waals surface area contributed by atoms with E-state index in [1.807, 2.05) is 0 Å². The number of halogens is 2. The van der Waals surface area contributed by atoms with Crippen molar-refractivity contribution in [1.29, 1.82) is 0 Å². The minimum Gasteiger partial charge on any atom is -0.490 e. The third-order valence-corrected chi connectivity index (χ3v) is 3.59. The van der Waals surface area contributed by atoms with Gasteiger partial charge >= 0.3 is 18.6 Å². The largest absolute Gasteiger partial charge is 0.490 e. The number of nitrogens with zero attached hydrogens (tertiary/aromatic N) is 1. The lowest BCUT2D eigenvalue weighted by Gasteiger charge is -2.31. The van der Waals surface area contributed by atoms with Crippen LogP contribution in [0, 0.1) is 0 Å². The predicted molar refractivity (Wildman–Crippen MR) is 88.6 cm³/mol. The SMILES string of the molecule is CCOc1cc(N2COCC(C(=O)OC)=C2C(=O)OC)ccc1OC(F)F. The van der Waals surface area contributed by atoms with Crippen molar-refractivity contribution in [3.63, 3.8) is 0 Å². The number of carbonyl (C=O) groups excluding carboxylic acids is 2. The molecule has 0 saturated heterocycles. The van der Waals surface area contributed by atoms with Gasteiger partial charge in [0.25, 0.3) is 0 Å². The van der Waals surface area contributed by atoms with Crippen LogP contribution < -0.4 is 14.4 Å². The Hall–Kier alpha value is -2.88. The Morgan fingerprint density at radius 2 is 1.89 bits per heavy atom. The summed E-state index contributed by atoms with van der Waals surface area (Å²) in [5, 5.41) is 0. The second-order valence-electron chi connectivity index (χ2n) is 5.16. The van der Waals surface area contributed by atoms with Gasteiger partial charge in [-0.3, -0.25) is 0 Å². The maximum atomic E-state index is 12.6. The highest BCUT2D eigenvalue weighted by atomic mass is 19.3. The molecule has 1 aliphatic rings. The van der Waals surface area contributed by atoms with Gasteiger partial charge in [-0.15, -0.1) is 0 Å². The molecular weight excluding hydrogens is 368 g/mol. The molecule has 8 nitrogen and oxygen atoms in total. The van der Waals surface area contributed by atoms with Crippen LogP contribution >= 0.6 is 0 Å². The summed E-state index contributed by atoms with van der Waals surface area (Å²) in [5.41, 5.74) is 0.253. The quantitative estimate of drug-likeness (QED) is 0.658. The normalized spacial score (nSPS) is 14.2. The zero-order valence-electron chi connectivity index (χ0n) is 15.0. The van der Waals surface area contributed by atoms with Crippen LogP contribution in [0.1, 0.15) is 6.92 Å². The standard InChI is InChI=1S/C17H19F2NO7/c1-4-26-13-7-10(5-6-12(13)27-17(18)19)20-9-25-8-11(15(21)23-2)14(20)16(22)24-3/h5-7,17H,4,8-9H2,1-3H3. The summed E-state index contributed by atoms with van der Waals surface area (Å²) < 4.78 is 49.7. The summed E-state index contributed by atoms with van der Waals surface area (Å²) in [6.45, 7) is -1.36. The van der Waals surface area contributed by atoms with Gasteiger partial charge in [0.15, 0.2) is 11.5 Å². The highest BCUT2D eigenvalue weighted by Crippen LogP contribution is 2.35. The van der Waals surface area contributed by atoms with Gasteiger partial charge in [-0.1, -0.05) is 0 Å². The van der Waals surface area contributed by atoms with Crippen LogP contribution in [-0.2, 0) is 23.8 Å². The molecule has 1 aromatic carbocycles. The maximum Gasteiger partial charge on any atom is 0.387 e. The lowest BCUT2D eigenvalue weighted by molar-refractivity contribution is -0.140. The smallest absolute Gasteiger partial charge is 0.387 e. The molecule has 0 saturated carbocycles. The fourth-order valence-corrected chi connectivity index (χ4v) is 2.47. The number of rotatable bonds is 7. The lowest BCUT2D eigenvalue weighted by Crippen LogP contribution is -2.38. The topological polar surface area (TPSA) is 83.5 Å².